The molecule has 2 aliphatic rings. The van der Waals surface area contributed by atoms with Gasteiger partial charge in [-0.2, -0.15) is 0 Å². The van der Waals surface area contributed by atoms with Gasteiger partial charge in [-0.3, -0.25) is 0 Å². The molecule has 10 radical (unpaired) electrons. The lowest BCUT2D eigenvalue weighted by Crippen LogP contribution is -2.33. The highest BCUT2D eigenvalue weighted by Crippen LogP contribution is 2.34. The fourth-order valence-electron chi connectivity index (χ4n) is 2.22. The van der Waals surface area contributed by atoms with Crippen LogP contribution in [0.25, 0.3) is 0 Å². The van der Waals surface area contributed by atoms with Crippen molar-refractivity contribution in [3.05, 3.63) is 63.2 Å². The van der Waals surface area contributed by atoms with Gasteiger partial charge in [0.1, 0.15) is 0 Å². The normalized spacial score (nSPS) is 25.7. The van der Waals surface area contributed by atoms with E-state index < -0.39 is 0 Å². The van der Waals surface area contributed by atoms with Gasteiger partial charge in [0.15, 0.2) is 0 Å². The summed E-state index contributed by atoms with van der Waals surface area (Å²) in [5, 5.41) is 0. The summed E-state index contributed by atoms with van der Waals surface area (Å²) in [5.74, 6) is 2.87. The van der Waals surface area contributed by atoms with E-state index in [-0.39, 0.29) is 0 Å². The lowest BCUT2D eigenvalue weighted by atomic mass is 9.89. The Morgan fingerprint density at radius 3 is 2.06 bits per heavy atom. The Bertz CT molecular complexity index is 188. The van der Waals surface area contributed by atoms with Crippen LogP contribution in [0.3, 0.4) is 0 Å². The van der Waals surface area contributed by atoms with E-state index in [1.165, 1.54) is 18.3 Å². The van der Waals surface area contributed by atoms with Gasteiger partial charge in [0.25, 0.3) is 0 Å². The smallest absolute Gasteiger partial charge is 0.0158 e. The summed E-state index contributed by atoms with van der Waals surface area (Å²) in [4.78, 5) is 2.30. The predicted octanol–water partition coefficient (Wildman–Crippen LogP) is 2.51. The SMILES string of the molecule is CN(C)[C@H](CC[C]1[CH][CH][CH][CH]1)[C]1[CH][CH][CH][CH]1. The number of rotatable bonds is 5. The second-order valence-electron chi connectivity index (χ2n) is 4.53. The van der Waals surface area contributed by atoms with Crippen molar-refractivity contribution < 1.29 is 0 Å². The Morgan fingerprint density at radius 2 is 1.50 bits per heavy atom. The highest BCUT2D eigenvalue weighted by atomic mass is 15.1. The third kappa shape index (κ3) is 3.23. The standard InChI is InChI=1S/C15H19N/c1-16(2)15(14-9-5-6-10-14)12-11-13-7-3-4-8-13/h3-10,15H,11-12H2,1-2H3/t15-/m1/s1. The summed E-state index contributed by atoms with van der Waals surface area (Å²) >= 11 is 0. The van der Waals surface area contributed by atoms with E-state index in [0.29, 0.717) is 6.04 Å². The van der Waals surface area contributed by atoms with Crippen molar-refractivity contribution in [2.45, 2.75) is 18.9 Å². The van der Waals surface area contributed by atoms with Crippen LogP contribution in [0.15, 0.2) is 0 Å². The largest absolute Gasteiger partial charge is 0.306 e. The summed E-state index contributed by atoms with van der Waals surface area (Å²) < 4.78 is 0. The van der Waals surface area contributed by atoms with E-state index in [1.54, 1.807) is 0 Å². The first-order valence-electron chi connectivity index (χ1n) is 5.86. The van der Waals surface area contributed by atoms with Crippen molar-refractivity contribution in [3.63, 3.8) is 0 Å². The predicted molar refractivity (Wildman–Crippen MR) is 67.6 cm³/mol. The van der Waals surface area contributed by atoms with Crippen LogP contribution in [0.2, 0.25) is 0 Å². The minimum Gasteiger partial charge on any atom is -0.306 e. The van der Waals surface area contributed by atoms with Crippen LogP contribution in [-0.4, -0.2) is 25.0 Å². The molecular formula is C15H19N. The zero-order chi connectivity index (χ0) is 11.4. The maximum absolute atomic E-state index is 2.30. The Kier molecular flexibility index (Phi) is 4.69. The van der Waals surface area contributed by atoms with Crippen LogP contribution in [0, 0.1) is 63.2 Å². The van der Waals surface area contributed by atoms with Crippen LogP contribution in [-0.2, 0) is 0 Å². The fraction of sp³-hybridized carbons (Fsp3) is 0.333. The van der Waals surface area contributed by atoms with Crippen LogP contribution in [0.1, 0.15) is 12.8 Å². The van der Waals surface area contributed by atoms with Gasteiger partial charge in [-0.15, -0.1) is 0 Å². The van der Waals surface area contributed by atoms with E-state index in [4.69, 9.17) is 0 Å². The minimum atomic E-state index is 0.532. The molecule has 0 aliphatic heterocycles. The maximum Gasteiger partial charge on any atom is 0.0158 e. The zero-order valence-corrected chi connectivity index (χ0v) is 10.1. The van der Waals surface area contributed by atoms with Gasteiger partial charge >= 0.3 is 0 Å². The summed E-state index contributed by atoms with van der Waals surface area (Å²) in [6, 6.07) is 0.532. The monoisotopic (exact) mass is 213 g/mol. The fourth-order valence-corrected chi connectivity index (χ4v) is 2.22. The lowest BCUT2D eigenvalue weighted by Gasteiger charge is -2.30. The van der Waals surface area contributed by atoms with Gasteiger partial charge in [0.05, 0.1) is 0 Å². The molecule has 0 unspecified atom stereocenters. The molecule has 0 N–H and O–H groups in total. The van der Waals surface area contributed by atoms with Gasteiger partial charge < -0.3 is 4.90 Å². The average molecular weight is 213 g/mol. The highest BCUT2D eigenvalue weighted by Gasteiger charge is 2.29. The van der Waals surface area contributed by atoms with E-state index in [2.05, 4.69) is 70.4 Å². The van der Waals surface area contributed by atoms with Crippen LogP contribution >= 0.6 is 0 Å². The Labute approximate surface area is 102 Å². The summed E-state index contributed by atoms with van der Waals surface area (Å²) in [5.41, 5.74) is 0. The highest BCUT2D eigenvalue weighted by molar-refractivity contribution is 5.39. The van der Waals surface area contributed by atoms with Crippen LogP contribution < -0.4 is 0 Å². The van der Waals surface area contributed by atoms with E-state index >= 15 is 0 Å². The molecule has 2 rings (SSSR count). The quantitative estimate of drug-likeness (QED) is 0.678. The summed E-state index contributed by atoms with van der Waals surface area (Å²) in [6.45, 7) is 0. The average Bonchev–Trinajstić information content (AvgIpc) is 2.88. The van der Waals surface area contributed by atoms with Crippen molar-refractivity contribution in [1.29, 1.82) is 0 Å². The number of hydrogen-bond acceptors (Lipinski definition) is 1. The van der Waals surface area contributed by atoms with Gasteiger partial charge in [0.2, 0.25) is 0 Å². The van der Waals surface area contributed by atoms with E-state index in [0.717, 1.165) is 6.42 Å². The first-order valence-corrected chi connectivity index (χ1v) is 5.86. The molecular weight excluding hydrogens is 194 g/mol. The van der Waals surface area contributed by atoms with Crippen LogP contribution in [0.5, 0.6) is 0 Å². The lowest BCUT2D eigenvalue weighted by molar-refractivity contribution is 0.297. The van der Waals surface area contributed by atoms with Crippen molar-refractivity contribution >= 4 is 0 Å². The van der Waals surface area contributed by atoms with Crippen LogP contribution in [0.4, 0.5) is 0 Å². The molecule has 1 heteroatoms. The number of nitrogens with zero attached hydrogens (tertiary/aromatic N) is 1. The third-order valence-electron chi connectivity index (χ3n) is 3.13. The number of hydrogen-bond donors (Lipinski definition) is 0. The van der Waals surface area contributed by atoms with Gasteiger partial charge in [0, 0.05) is 12.0 Å². The van der Waals surface area contributed by atoms with Crippen molar-refractivity contribution in [3.8, 4) is 0 Å². The molecule has 2 aliphatic carbocycles. The second-order valence-corrected chi connectivity index (χ2v) is 4.53. The maximum atomic E-state index is 2.30. The van der Waals surface area contributed by atoms with Crippen molar-refractivity contribution in [2.24, 2.45) is 0 Å². The Morgan fingerprint density at radius 1 is 0.938 bits per heavy atom. The molecule has 16 heavy (non-hydrogen) atoms. The van der Waals surface area contributed by atoms with E-state index in [9.17, 15) is 0 Å². The molecule has 2 fully saturated rings. The molecule has 0 bridgehead atoms. The zero-order valence-electron chi connectivity index (χ0n) is 10.1. The van der Waals surface area contributed by atoms with Crippen molar-refractivity contribution in [2.75, 3.05) is 14.1 Å². The molecule has 0 aromatic carbocycles. The van der Waals surface area contributed by atoms with E-state index in [1.807, 2.05) is 0 Å². The first-order chi connectivity index (χ1) is 7.77. The first kappa shape index (κ1) is 12.4. The Balaban J connectivity index is 1.77. The van der Waals surface area contributed by atoms with Gasteiger partial charge in [-0.1, -0.05) is 0 Å². The molecule has 0 aromatic heterocycles. The molecule has 0 amide bonds. The Hall–Kier alpha value is -0.0400. The second kappa shape index (κ2) is 6.05. The summed E-state index contributed by atoms with van der Waals surface area (Å²) in [6.07, 6.45) is 19.6. The molecule has 84 valence electrons. The third-order valence-corrected chi connectivity index (χ3v) is 3.13. The topological polar surface area (TPSA) is 3.24 Å². The summed E-state index contributed by atoms with van der Waals surface area (Å²) in [7, 11) is 4.31. The molecule has 1 atom stereocenters. The molecule has 0 heterocycles. The molecule has 1 nitrogen and oxygen atoms in total. The van der Waals surface area contributed by atoms with Gasteiger partial charge in [-0.25, -0.2) is 0 Å². The molecule has 2 saturated carbocycles. The molecule has 0 aromatic rings. The van der Waals surface area contributed by atoms with Crippen molar-refractivity contribution in [1.82, 2.24) is 4.90 Å². The molecule has 0 spiro atoms. The molecule has 0 saturated heterocycles. The minimum absolute atomic E-state index is 0.532. The van der Waals surface area contributed by atoms with Gasteiger partial charge in [-0.05, 0) is 84.2 Å².